The number of halogens is 1. The van der Waals surface area contributed by atoms with Gasteiger partial charge in [0.2, 0.25) is 53.0 Å². The van der Waals surface area contributed by atoms with Crippen LogP contribution in [0.4, 0.5) is 0 Å². The van der Waals surface area contributed by atoms with E-state index in [4.69, 9.17) is 66.7 Å². The zero-order chi connectivity index (χ0) is 80.8. The van der Waals surface area contributed by atoms with Crippen LogP contribution in [0.5, 0.6) is 46.0 Å². The van der Waals surface area contributed by atoms with E-state index in [1.165, 1.54) is 78.2 Å². The number of phenolic OH excluding ortho intramolecular Hbond substituents is 3. The predicted octanol–water partition coefficient (Wildman–Crippen LogP) is -0.299. The number of hydrogen-bond acceptors (Lipinski definition) is 28. The van der Waals surface area contributed by atoms with Crippen LogP contribution in [0.3, 0.4) is 0 Å². The summed E-state index contributed by atoms with van der Waals surface area (Å²) in [5.74, 6) is -17.1. The van der Waals surface area contributed by atoms with Gasteiger partial charge in [-0.3, -0.25) is 43.1 Å². The number of fused-ring (bicyclic) bond motifs is 15. The summed E-state index contributed by atoms with van der Waals surface area (Å²) in [7, 11) is 2.69. The smallest absolute Gasteiger partial charge is 0.332 e. The van der Waals surface area contributed by atoms with Crippen LogP contribution in [0.15, 0.2) is 84.9 Å². The Hall–Kier alpha value is -9.61. The summed E-state index contributed by atoms with van der Waals surface area (Å²) in [5, 5.41) is 124. The minimum atomic E-state index is -2.80. The molecule has 5 aromatic rings. The number of carbonyl (C=O) groups is 8. The molecule has 23 N–H and O–H groups in total. The van der Waals surface area contributed by atoms with Crippen molar-refractivity contribution in [3.8, 4) is 57.1 Å². The molecule has 0 saturated carbocycles. The Bertz CT molecular complexity index is 4380. The number of phenols is 3. The minimum absolute atomic E-state index is 0.0000390. The van der Waals surface area contributed by atoms with Crippen molar-refractivity contribution in [2.45, 2.75) is 201 Å². The van der Waals surface area contributed by atoms with Gasteiger partial charge in [0.25, 0.3) is 0 Å². The van der Waals surface area contributed by atoms with E-state index in [0.29, 0.717) is 0 Å². The number of carbonyl (C=O) groups excluding carboxylic acids is 8. The minimum Gasteiger partial charge on any atom is -0.508 e. The number of likely N-dealkylation sites (N-methyl/N-ethyl adjacent to an activating group) is 2. The van der Waals surface area contributed by atoms with Crippen LogP contribution in [-0.2, 0) is 62.0 Å². The molecule has 3 fully saturated rings. The van der Waals surface area contributed by atoms with Crippen molar-refractivity contribution in [3.63, 3.8) is 0 Å². The fourth-order valence-corrected chi connectivity index (χ4v) is 14.6. The van der Waals surface area contributed by atoms with E-state index in [0.717, 1.165) is 48.5 Å². The van der Waals surface area contributed by atoms with Gasteiger partial charge in [-0.15, -0.1) is 0 Å². The van der Waals surface area contributed by atoms with E-state index in [1.807, 2.05) is 13.8 Å². The van der Waals surface area contributed by atoms with Crippen molar-refractivity contribution in [2.75, 3.05) is 20.7 Å². The summed E-state index contributed by atoms with van der Waals surface area (Å²) in [6.45, 7) is 8.64. The fraction of sp³-hybridized carbons (Fsp3) is 0.486. The Morgan fingerprint density at radius 1 is 0.685 bits per heavy atom. The number of aromatic hydroxyl groups is 3. The van der Waals surface area contributed by atoms with Crippen molar-refractivity contribution < 1.29 is 122 Å². The maximum Gasteiger partial charge on any atom is 0.332 e. The Balaban J connectivity index is 1.20. The highest BCUT2D eigenvalue weighted by atomic mass is 35.5. The average molecular weight is 1570 g/mol. The molecule has 11 bridgehead atoms. The van der Waals surface area contributed by atoms with E-state index >= 15 is 24.0 Å². The molecule has 8 aliphatic heterocycles. The third-order valence-electron chi connectivity index (χ3n) is 20.3. The molecule has 8 amide bonds. The molecule has 2 unspecified atom stereocenters. The highest BCUT2D eigenvalue weighted by molar-refractivity contribution is 6.32. The number of aliphatic hydroxyl groups is 6. The molecule has 0 radical (unpaired) electrons. The van der Waals surface area contributed by atoms with Gasteiger partial charge < -0.3 is 139 Å². The number of nitrogens with one attached hydrogen (secondary N) is 8. The van der Waals surface area contributed by atoms with E-state index in [2.05, 4.69) is 42.5 Å². The molecule has 0 spiro atoms. The van der Waals surface area contributed by atoms with E-state index in [-0.39, 0.29) is 69.5 Å². The van der Waals surface area contributed by atoms with Crippen molar-refractivity contribution in [1.29, 1.82) is 0 Å². The topological polar surface area (TPSA) is 567 Å². The van der Waals surface area contributed by atoms with Gasteiger partial charge in [0.1, 0.15) is 89.4 Å². The summed E-state index contributed by atoms with van der Waals surface area (Å²) in [5.41, 5.74) is 14.2. The van der Waals surface area contributed by atoms with Crippen molar-refractivity contribution >= 4 is 58.9 Å². The van der Waals surface area contributed by atoms with Gasteiger partial charge in [0.15, 0.2) is 24.1 Å². The second-order valence-corrected chi connectivity index (χ2v) is 29.9. The molecule has 36 nitrogen and oxygen atoms in total. The van der Waals surface area contributed by atoms with Crippen molar-refractivity contribution in [1.82, 2.24) is 42.5 Å². The van der Waals surface area contributed by atoms with Crippen LogP contribution < -0.4 is 73.9 Å². The first kappa shape index (κ1) is 82.4. The van der Waals surface area contributed by atoms with Gasteiger partial charge in [-0.1, -0.05) is 49.7 Å². The van der Waals surface area contributed by atoms with Crippen LogP contribution in [0, 0.1) is 5.92 Å². The largest absolute Gasteiger partial charge is 0.508 e. The molecular formula is C74H92ClN11O25. The van der Waals surface area contributed by atoms with Crippen molar-refractivity contribution in [2.24, 2.45) is 23.1 Å². The fourth-order valence-electron chi connectivity index (χ4n) is 14.4. The molecule has 5 aromatic carbocycles. The van der Waals surface area contributed by atoms with Crippen LogP contribution in [0.25, 0.3) is 11.1 Å². The molecule has 0 aromatic heterocycles. The zero-order valence-corrected chi connectivity index (χ0v) is 62.2. The van der Waals surface area contributed by atoms with Crippen LogP contribution in [0.2, 0.25) is 5.02 Å². The van der Waals surface area contributed by atoms with Gasteiger partial charge in [-0.05, 0) is 129 Å². The van der Waals surface area contributed by atoms with E-state index < -0.39 is 239 Å². The zero-order valence-electron chi connectivity index (χ0n) is 61.5. The lowest BCUT2D eigenvalue weighted by Crippen LogP contribution is -2.64. The second kappa shape index (κ2) is 33.0. The molecule has 600 valence electrons. The number of hydrogen-bond donors (Lipinski definition) is 20. The lowest BCUT2D eigenvalue weighted by molar-refractivity contribution is -0.442. The van der Waals surface area contributed by atoms with Gasteiger partial charge in [-0.2, -0.15) is 0 Å². The number of ether oxygens (including phenoxy) is 8. The number of benzene rings is 5. The summed E-state index contributed by atoms with van der Waals surface area (Å²) < 4.78 is 52.5. The Morgan fingerprint density at radius 3 is 1.92 bits per heavy atom. The summed E-state index contributed by atoms with van der Waals surface area (Å²) in [6.07, 6.45) is -19.4. The lowest BCUT2D eigenvalue weighted by Gasteiger charge is -2.48. The summed E-state index contributed by atoms with van der Waals surface area (Å²) in [6, 6.07) is 2.47. The molecule has 21 atom stereocenters. The Morgan fingerprint density at radius 2 is 1.30 bits per heavy atom. The third-order valence-corrected chi connectivity index (χ3v) is 20.6. The maximum absolute atomic E-state index is 16.4. The number of aliphatic hydroxyl groups excluding tert-OH is 6. The Kier molecular flexibility index (Phi) is 24.5. The summed E-state index contributed by atoms with van der Waals surface area (Å²) in [4.78, 5) is 121. The number of nitrogens with two attached hydrogens (primary N) is 3. The van der Waals surface area contributed by atoms with E-state index in [1.54, 1.807) is 0 Å². The monoisotopic (exact) mass is 1570 g/mol. The third kappa shape index (κ3) is 17.7. The molecule has 13 rings (SSSR count). The van der Waals surface area contributed by atoms with E-state index in [9.17, 15) is 60.3 Å². The maximum atomic E-state index is 16.4. The lowest BCUT2D eigenvalue weighted by atomic mass is 9.86. The first-order valence-corrected chi connectivity index (χ1v) is 36.1. The molecular weight excluding hydrogens is 1480 g/mol. The van der Waals surface area contributed by atoms with Crippen LogP contribution in [-0.4, -0.2) is 210 Å². The predicted molar refractivity (Wildman–Crippen MR) is 387 cm³/mol. The van der Waals surface area contributed by atoms with Crippen LogP contribution >= 0.6 is 11.6 Å². The standard InChI is InChI=1S/C74H92ClN11O25/c1-29(2)17-41(79-7)65(97)85-57-59(93)34-12-16-46(40(75)19-34)107-48-21-35-20-47(62(48)111-74(25-45(91)60(94)49(28-87)109-74)110-52-27-73(6,78)64(96)31(4)105-52)106-37-13-9-32(10-14-37)61(108-51-26-72(5,77)63(95)30(3)104-51)58-71(103)84-56(67(99)80-8)39-22-36(88)23-44(90)53(39)38-18-33(11-15-43(38)89)54(68(100)86-58)83-69(101)55(35)82-66(98)42(24-50(76)92)81-70(57)102/h9-16,18-23,29-31,41-42,45,49,51-52,54-61,63-64,79,87-91,93-96H,17,24-28,77-78H2,1-8H3,(H2,76,92)(H,80,99)(H,81,102)(H,82,98)(H,83,101)(H,84,103)(H,85,97)(H,86,100)/t30-,31-,41-,42+,45-,49-,51-,52-,54-,55-,56+,57-,58+,59-,60+,61-,63-,64-,72?,73?,74+/m1/s1. The van der Waals surface area contributed by atoms with Gasteiger partial charge >= 0.3 is 5.97 Å². The number of primary amides is 1. The molecule has 8 aliphatic rings. The molecule has 37 heteroatoms. The second-order valence-electron chi connectivity index (χ2n) is 29.5. The molecule has 3 saturated heterocycles. The van der Waals surface area contributed by atoms with Crippen LogP contribution in [0.1, 0.15) is 132 Å². The molecule has 111 heavy (non-hydrogen) atoms. The first-order chi connectivity index (χ1) is 52.3. The Labute approximate surface area is 640 Å². The quantitative estimate of drug-likeness (QED) is 0.0598. The SMILES string of the molecule is CNC(=O)[C@H]1NC(=O)[C@H]2NC(=O)[C@H](NC(=O)[C@@H]3NC(=O)[C@H](CC(N)=O)NC(=O)[C@H](NC(=O)[C@@H](CC(C)C)NC)[C@H](O)c4ccc(c(Cl)c4)Oc4cc3cc(c4O[C@@]3(O[C@@H]4CC(C)(N)[C@H](O)[C@@H](C)O4)C[C@@H](O)[C@H](O)[C@@H](CO)O3)Oc3ccc(cc3)[C@H]2O[C@@H]2CC(C)(N)[C@H](O)[C@@H](C)O2)c2ccc(O)c(c2)-c2c(O)cc(O)cc21. The van der Waals surface area contributed by atoms with Gasteiger partial charge in [0.05, 0.1) is 61.0 Å². The normalized spacial score (nSPS) is 32.0. The van der Waals surface area contributed by atoms with Gasteiger partial charge in [-0.25, -0.2) is 0 Å². The highest BCUT2D eigenvalue weighted by Gasteiger charge is 2.55. The number of amides is 8. The molecule has 0 aliphatic carbocycles. The highest BCUT2D eigenvalue weighted by Crippen LogP contribution is 2.51. The summed E-state index contributed by atoms with van der Waals surface area (Å²) >= 11 is 7.17. The van der Waals surface area contributed by atoms with Gasteiger partial charge in [0, 0.05) is 48.2 Å². The first-order valence-electron chi connectivity index (χ1n) is 35.7. The average Bonchev–Trinajstić information content (AvgIpc) is 0.896. The van der Waals surface area contributed by atoms with Crippen molar-refractivity contribution in [3.05, 3.63) is 118 Å². The number of rotatable bonds is 15. The molecule has 8 heterocycles.